The van der Waals surface area contributed by atoms with E-state index in [1.807, 2.05) is 0 Å². The summed E-state index contributed by atoms with van der Waals surface area (Å²) in [5.41, 5.74) is 0. The zero-order valence-electron chi connectivity index (χ0n) is 8.64. The summed E-state index contributed by atoms with van der Waals surface area (Å²) in [7, 11) is 0. The standard InChI is InChI=1S/C11H20O2/c1-5(2)9-7-4-8(11(9)13)10(12)6(7)3/h5-13H,4H2,1-3H3. The fraction of sp³-hybridized carbons (Fsp3) is 1.00. The summed E-state index contributed by atoms with van der Waals surface area (Å²) in [5.74, 6) is 2.06. The Morgan fingerprint density at radius 2 is 1.69 bits per heavy atom. The summed E-state index contributed by atoms with van der Waals surface area (Å²) < 4.78 is 0. The van der Waals surface area contributed by atoms with Gasteiger partial charge in [0.1, 0.15) is 0 Å². The number of fused-ring (bicyclic) bond motifs is 2. The summed E-state index contributed by atoms with van der Waals surface area (Å²) in [6.45, 7) is 6.47. The second kappa shape index (κ2) is 2.96. The van der Waals surface area contributed by atoms with Crippen molar-refractivity contribution in [2.45, 2.75) is 39.4 Å². The lowest BCUT2D eigenvalue weighted by Gasteiger charge is -2.37. The van der Waals surface area contributed by atoms with E-state index < -0.39 is 0 Å². The number of rotatable bonds is 1. The molecule has 0 aromatic rings. The minimum atomic E-state index is -0.255. The molecule has 2 bridgehead atoms. The second-order valence-corrected chi connectivity index (χ2v) is 5.23. The lowest BCUT2D eigenvalue weighted by molar-refractivity contribution is -0.0543. The highest BCUT2D eigenvalue weighted by molar-refractivity contribution is 5.05. The van der Waals surface area contributed by atoms with E-state index in [9.17, 15) is 10.2 Å². The van der Waals surface area contributed by atoms with E-state index in [4.69, 9.17) is 0 Å². The molecule has 0 aromatic carbocycles. The Hall–Kier alpha value is -0.0800. The number of aliphatic hydroxyl groups is 2. The average Bonchev–Trinajstić information content (AvgIpc) is 2.50. The molecule has 0 amide bonds. The Morgan fingerprint density at radius 3 is 2.15 bits per heavy atom. The summed E-state index contributed by atoms with van der Waals surface area (Å²) in [4.78, 5) is 0. The molecular weight excluding hydrogens is 164 g/mol. The molecule has 2 heteroatoms. The van der Waals surface area contributed by atoms with Gasteiger partial charge in [0.2, 0.25) is 0 Å². The van der Waals surface area contributed by atoms with E-state index >= 15 is 0 Å². The van der Waals surface area contributed by atoms with Gasteiger partial charge in [0.15, 0.2) is 0 Å². The van der Waals surface area contributed by atoms with Gasteiger partial charge in [-0.2, -0.15) is 0 Å². The summed E-state index contributed by atoms with van der Waals surface area (Å²) >= 11 is 0. The highest BCUT2D eigenvalue weighted by Gasteiger charge is 2.56. The van der Waals surface area contributed by atoms with E-state index in [0.717, 1.165) is 6.42 Å². The monoisotopic (exact) mass is 184 g/mol. The number of aliphatic hydroxyl groups excluding tert-OH is 2. The molecule has 0 radical (unpaired) electrons. The van der Waals surface area contributed by atoms with Gasteiger partial charge in [0.25, 0.3) is 0 Å². The first kappa shape index (κ1) is 9.47. The molecule has 2 N–H and O–H groups in total. The van der Waals surface area contributed by atoms with E-state index in [1.165, 1.54) is 0 Å². The van der Waals surface area contributed by atoms with E-state index in [0.29, 0.717) is 23.7 Å². The normalized spacial score (nSPS) is 54.9. The van der Waals surface area contributed by atoms with Crippen LogP contribution in [-0.4, -0.2) is 22.4 Å². The van der Waals surface area contributed by atoms with Gasteiger partial charge < -0.3 is 10.2 Å². The first-order valence-corrected chi connectivity index (χ1v) is 5.40. The van der Waals surface area contributed by atoms with E-state index in [-0.39, 0.29) is 18.1 Å². The van der Waals surface area contributed by atoms with Crippen molar-refractivity contribution in [3.05, 3.63) is 0 Å². The molecule has 0 heterocycles. The molecule has 6 atom stereocenters. The molecular formula is C11H20O2. The average molecular weight is 184 g/mol. The van der Waals surface area contributed by atoms with Crippen LogP contribution in [0.1, 0.15) is 27.2 Å². The van der Waals surface area contributed by atoms with Crippen molar-refractivity contribution < 1.29 is 10.2 Å². The lowest BCUT2D eigenvalue weighted by Crippen LogP contribution is -2.42. The van der Waals surface area contributed by atoms with Gasteiger partial charge in [0.05, 0.1) is 12.2 Å². The van der Waals surface area contributed by atoms with Crippen LogP contribution in [0, 0.1) is 29.6 Å². The fourth-order valence-electron chi connectivity index (χ4n) is 3.59. The smallest absolute Gasteiger partial charge is 0.0626 e. The Bertz CT molecular complexity index is 202. The molecule has 0 saturated heterocycles. The van der Waals surface area contributed by atoms with E-state index in [2.05, 4.69) is 20.8 Å². The van der Waals surface area contributed by atoms with Gasteiger partial charge in [-0.15, -0.1) is 0 Å². The molecule has 2 saturated carbocycles. The maximum atomic E-state index is 9.98. The second-order valence-electron chi connectivity index (χ2n) is 5.23. The minimum absolute atomic E-state index is 0.160. The maximum absolute atomic E-state index is 9.98. The quantitative estimate of drug-likeness (QED) is 0.644. The summed E-state index contributed by atoms with van der Waals surface area (Å²) in [6, 6.07) is 0. The minimum Gasteiger partial charge on any atom is -0.392 e. The summed E-state index contributed by atoms with van der Waals surface area (Å²) in [5, 5.41) is 19.8. The molecule has 6 unspecified atom stereocenters. The van der Waals surface area contributed by atoms with Crippen LogP contribution in [0.25, 0.3) is 0 Å². The Morgan fingerprint density at radius 1 is 1.08 bits per heavy atom. The molecule has 2 aliphatic carbocycles. The molecule has 76 valence electrons. The number of hydrogen-bond donors (Lipinski definition) is 2. The highest BCUT2D eigenvalue weighted by atomic mass is 16.3. The van der Waals surface area contributed by atoms with Gasteiger partial charge >= 0.3 is 0 Å². The van der Waals surface area contributed by atoms with Crippen molar-refractivity contribution in [3.8, 4) is 0 Å². The maximum Gasteiger partial charge on any atom is 0.0626 e. The zero-order chi connectivity index (χ0) is 9.75. The van der Waals surface area contributed by atoms with Crippen molar-refractivity contribution in [1.82, 2.24) is 0 Å². The van der Waals surface area contributed by atoms with Crippen molar-refractivity contribution in [2.75, 3.05) is 0 Å². The van der Waals surface area contributed by atoms with Crippen molar-refractivity contribution in [1.29, 1.82) is 0 Å². The molecule has 2 rings (SSSR count). The van der Waals surface area contributed by atoms with Crippen LogP contribution in [0.3, 0.4) is 0 Å². The molecule has 13 heavy (non-hydrogen) atoms. The first-order chi connectivity index (χ1) is 6.04. The Labute approximate surface area is 80.0 Å². The largest absolute Gasteiger partial charge is 0.392 e. The molecule has 0 aliphatic heterocycles. The molecule has 2 nitrogen and oxygen atoms in total. The van der Waals surface area contributed by atoms with Crippen molar-refractivity contribution in [2.24, 2.45) is 29.6 Å². The van der Waals surface area contributed by atoms with Crippen LogP contribution in [0.5, 0.6) is 0 Å². The topological polar surface area (TPSA) is 40.5 Å². The lowest BCUT2D eigenvalue weighted by atomic mass is 9.73. The zero-order valence-corrected chi connectivity index (χ0v) is 8.64. The Balaban J connectivity index is 2.19. The van der Waals surface area contributed by atoms with Crippen LogP contribution < -0.4 is 0 Å². The molecule has 2 aliphatic rings. The first-order valence-electron chi connectivity index (χ1n) is 5.40. The van der Waals surface area contributed by atoms with Crippen molar-refractivity contribution in [3.63, 3.8) is 0 Å². The summed E-state index contributed by atoms with van der Waals surface area (Å²) in [6.07, 6.45) is 0.526. The Kier molecular flexibility index (Phi) is 2.16. The van der Waals surface area contributed by atoms with Gasteiger partial charge in [-0.25, -0.2) is 0 Å². The van der Waals surface area contributed by atoms with Crippen LogP contribution in [0.15, 0.2) is 0 Å². The highest BCUT2D eigenvalue weighted by Crippen LogP contribution is 2.53. The van der Waals surface area contributed by atoms with Crippen molar-refractivity contribution >= 4 is 0 Å². The van der Waals surface area contributed by atoms with E-state index in [1.54, 1.807) is 0 Å². The molecule has 0 aromatic heterocycles. The van der Waals surface area contributed by atoms with Gasteiger partial charge in [-0.3, -0.25) is 0 Å². The predicted octanol–water partition coefficient (Wildman–Crippen LogP) is 1.27. The third kappa shape index (κ3) is 1.15. The van der Waals surface area contributed by atoms with Crippen LogP contribution in [0.2, 0.25) is 0 Å². The van der Waals surface area contributed by atoms with Gasteiger partial charge in [0, 0.05) is 5.92 Å². The van der Waals surface area contributed by atoms with Gasteiger partial charge in [-0.05, 0) is 30.1 Å². The fourth-order valence-corrected chi connectivity index (χ4v) is 3.59. The molecule has 0 spiro atoms. The molecule has 2 fully saturated rings. The van der Waals surface area contributed by atoms with Crippen LogP contribution in [-0.2, 0) is 0 Å². The van der Waals surface area contributed by atoms with Crippen LogP contribution in [0.4, 0.5) is 0 Å². The SMILES string of the molecule is CC(C)C1C(O)C2CC1C(C)C2O. The third-order valence-corrected chi connectivity index (χ3v) is 4.29. The van der Waals surface area contributed by atoms with Gasteiger partial charge in [-0.1, -0.05) is 20.8 Å². The number of hydrogen-bond acceptors (Lipinski definition) is 2. The third-order valence-electron chi connectivity index (χ3n) is 4.29. The predicted molar refractivity (Wildman–Crippen MR) is 51.1 cm³/mol. The van der Waals surface area contributed by atoms with Crippen LogP contribution >= 0.6 is 0 Å².